The van der Waals surface area contributed by atoms with Crippen LogP contribution in [-0.2, 0) is 9.59 Å². The molecule has 104 valence electrons. The van der Waals surface area contributed by atoms with Gasteiger partial charge in [-0.15, -0.1) is 0 Å². The Morgan fingerprint density at radius 1 is 1.42 bits per heavy atom. The Bertz CT molecular complexity index is 463. The zero-order valence-corrected chi connectivity index (χ0v) is 12.4. The Balaban J connectivity index is 2.66. The first-order valence-corrected chi connectivity index (χ1v) is 6.78. The van der Waals surface area contributed by atoms with E-state index in [0.717, 1.165) is 0 Å². The van der Waals surface area contributed by atoms with Crippen LogP contribution in [0.5, 0.6) is 5.75 Å². The van der Waals surface area contributed by atoms with Crippen LogP contribution in [0.25, 0.3) is 0 Å². The molecule has 6 heteroatoms. The van der Waals surface area contributed by atoms with Crippen LogP contribution < -0.4 is 15.8 Å². The van der Waals surface area contributed by atoms with Gasteiger partial charge in [0.2, 0.25) is 5.91 Å². The van der Waals surface area contributed by atoms with Gasteiger partial charge in [0.05, 0.1) is 4.83 Å². The summed E-state index contributed by atoms with van der Waals surface area (Å²) >= 11 is 3.33. The van der Waals surface area contributed by atoms with Gasteiger partial charge >= 0.3 is 0 Å². The largest absolute Gasteiger partial charge is 0.484 e. The highest BCUT2D eigenvalue weighted by Gasteiger charge is 2.18. The van der Waals surface area contributed by atoms with Crippen molar-refractivity contribution in [1.29, 1.82) is 0 Å². The SMILES string of the molecule is CC(C)C(Br)C(=O)Nc1cccc(OCC(N)=O)c1. The number of nitrogens with one attached hydrogen (secondary N) is 1. The molecule has 1 rings (SSSR count). The molecule has 0 heterocycles. The molecule has 0 aromatic heterocycles. The molecule has 1 unspecified atom stereocenters. The minimum atomic E-state index is -0.547. The van der Waals surface area contributed by atoms with E-state index in [1.54, 1.807) is 24.3 Å². The number of halogens is 1. The highest BCUT2D eigenvalue weighted by molar-refractivity contribution is 9.10. The van der Waals surface area contributed by atoms with Gasteiger partial charge < -0.3 is 15.8 Å². The summed E-state index contributed by atoms with van der Waals surface area (Å²) in [5, 5.41) is 2.77. The molecule has 1 aromatic rings. The molecule has 0 spiro atoms. The Hall–Kier alpha value is -1.56. The van der Waals surface area contributed by atoms with E-state index in [9.17, 15) is 9.59 Å². The molecular formula is C13H17BrN2O3. The summed E-state index contributed by atoms with van der Waals surface area (Å²) in [5.41, 5.74) is 5.60. The summed E-state index contributed by atoms with van der Waals surface area (Å²) in [6.07, 6.45) is 0. The standard InChI is InChI=1S/C13H17BrN2O3/c1-8(2)12(14)13(18)16-9-4-3-5-10(6-9)19-7-11(15)17/h3-6,8,12H,7H2,1-2H3,(H2,15,17)(H,16,18). The Morgan fingerprint density at radius 2 is 2.11 bits per heavy atom. The van der Waals surface area contributed by atoms with Crippen molar-refractivity contribution in [2.75, 3.05) is 11.9 Å². The van der Waals surface area contributed by atoms with Crippen LogP contribution in [-0.4, -0.2) is 23.2 Å². The molecule has 19 heavy (non-hydrogen) atoms. The summed E-state index contributed by atoms with van der Waals surface area (Å²) in [4.78, 5) is 22.2. The van der Waals surface area contributed by atoms with Gasteiger partial charge in [-0.05, 0) is 18.1 Å². The molecule has 1 aromatic carbocycles. The van der Waals surface area contributed by atoms with Gasteiger partial charge in [0.1, 0.15) is 5.75 Å². The second-order valence-electron chi connectivity index (χ2n) is 4.42. The quantitative estimate of drug-likeness (QED) is 0.782. The number of ether oxygens (including phenoxy) is 1. The van der Waals surface area contributed by atoms with E-state index in [1.807, 2.05) is 13.8 Å². The van der Waals surface area contributed by atoms with E-state index >= 15 is 0 Å². The lowest BCUT2D eigenvalue weighted by Gasteiger charge is -2.14. The minimum Gasteiger partial charge on any atom is -0.484 e. The van der Waals surface area contributed by atoms with Gasteiger partial charge in [0.15, 0.2) is 6.61 Å². The minimum absolute atomic E-state index is 0.123. The predicted molar refractivity (Wildman–Crippen MR) is 77.3 cm³/mol. The van der Waals surface area contributed by atoms with Crippen molar-refractivity contribution in [2.45, 2.75) is 18.7 Å². The summed E-state index contributed by atoms with van der Waals surface area (Å²) in [5.74, 6) is -0.00150. The number of hydrogen-bond acceptors (Lipinski definition) is 3. The summed E-state index contributed by atoms with van der Waals surface area (Å²) in [7, 11) is 0. The third-order valence-electron chi connectivity index (χ3n) is 2.32. The molecule has 3 N–H and O–H groups in total. The van der Waals surface area contributed by atoms with Gasteiger partial charge in [-0.1, -0.05) is 35.8 Å². The number of anilines is 1. The van der Waals surface area contributed by atoms with Gasteiger partial charge in [-0.25, -0.2) is 0 Å². The zero-order valence-electron chi connectivity index (χ0n) is 10.9. The lowest BCUT2D eigenvalue weighted by molar-refractivity contribution is -0.120. The normalized spacial score (nSPS) is 12.0. The molecule has 0 saturated heterocycles. The van der Waals surface area contributed by atoms with Crippen LogP contribution in [0.4, 0.5) is 5.69 Å². The molecule has 0 bridgehead atoms. The molecule has 0 radical (unpaired) electrons. The number of carbonyl (C=O) groups excluding carboxylic acids is 2. The molecule has 1 atom stereocenters. The number of primary amides is 1. The molecule has 0 saturated carbocycles. The van der Waals surface area contributed by atoms with E-state index in [4.69, 9.17) is 10.5 Å². The van der Waals surface area contributed by atoms with Crippen molar-refractivity contribution in [2.24, 2.45) is 11.7 Å². The van der Waals surface area contributed by atoms with Gasteiger partial charge in [0, 0.05) is 11.8 Å². The zero-order chi connectivity index (χ0) is 14.4. The fourth-order valence-corrected chi connectivity index (χ4v) is 1.45. The fourth-order valence-electron chi connectivity index (χ4n) is 1.33. The van der Waals surface area contributed by atoms with E-state index in [2.05, 4.69) is 21.2 Å². The van der Waals surface area contributed by atoms with E-state index in [1.165, 1.54) is 0 Å². The Kier molecular flexibility index (Phi) is 5.82. The van der Waals surface area contributed by atoms with Crippen molar-refractivity contribution in [1.82, 2.24) is 0 Å². The van der Waals surface area contributed by atoms with Crippen LogP contribution in [0.2, 0.25) is 0 Å². The lowest BCUT2D eigenvalue weighted by Crippen LogP contribution is -2.27. The first kappa shape index (κ1) is 15.5. The molecular weight excluding hydrogens is 312 g/mol. The number of nitrogens with two attached hydrogens (primary N) is 1. The Labute approximate surface area is 120 Å². The second kappa shape index (κ2) is 7.13. The highest BCUT2D eigenvalue weighted by atomic mass is 79.9. The van der Waals surface area contributed by atoms with Crippen molar-refractivity contribution in [3.8, 4) is 5.75 Å². The highest BCUT2D eigenvalue weighted by Crippen LogP contribution is 2.19. The third-order valence-corrected chi connectivity index (χ3v) is 3.79. The number of carbonyl (C=O) groups is 2. The molecule has 0 aliphatic carbocycles. The van der Waals surface area contributed by atoms with E-state index in [-0.39, 0.29) is 23.3 Å². The first-order chi connectivity index (χ1) is 8.90. The van der Waals surface area contributed by atoms with Crippen molar-refractivity contribution in [3.63, 3.8) is 0 Å². The first-order valence-electron chi connectivity index (χ1n) is 5.86. The van der Waals surface area contributed by atoms with Gasteiger partial charge in [-0.2, -0.15) is 0 Å². The van der Waals surface area contributed by atoms with Gasteiger partial charge in [-0.3, -0.25) is 9.59 Å². The predicted octanol–water partition coefficient (Wildman–Crippen LogP) is 1.91. The number of amides is 2. The smallest absolute Gasteiger partial charge is 0.255 e. The molecule has 5 nitrogen and oxygen atoms in total. The van der Waals surface area contributed by atoms with E-state index < -0.39 is 5.91 Å². The van der Waals surface area contributed by atoms with Crippen molar-refractivity contribution < 1.29 is 14.3 Å². The van der Waals surface area contributed by atoms with Crippen LogP contribution >= 0.6 is 15.9 Å². The van der Waals surface area contributed by atoms with Crippen LogP contribution in [0.3, 0.4) is 0 Å². The topological polar surface area (TPSA) is 81.4 Å². The van der Waals surface area contributed by atoms with E-state index in [0.29, 0.717) is 11.4 Å². The molecule has 0 fully saturated rings. The molecule has 0 aliphatic heterocycles. The van der Waals surface area contributed by atoms with Crippen LogP contribution in [0.1, 0.15) is 13.8 Å². The molecule has 0 aliphatic rings. The van der Waals surface area contributed by atoms with Gasteiger partial charge in [0.25, 0.3) is 5.91 Å². The number of alkyl halides is 1. The lowest BCUT2D eigenvalue weighted by atomic mass is 10.1. The number of hydrogen-bond donors (Lipinski definition) is 2. The summed E-state index contributed by atoms with van der Waals surface area (Å²) < 4.78 is 5.16. The monoisotopic (exact) mass is 328 g/mol. The number of rotatable bonds is 6. The average Bonchev–Trinajstić information content (AvgIpc) is 2.35. The molecule has 2 amide bonds. The summed E-state index contributed by atoms with van der Waals surface area (Å²) in [6.45, 7) is 3.71. The average molecular weight is 329 g/mol. The fraction of sp³-hybridized carbons (Fsp3) is 0.385. The maximum atomic E-state index is 11.9. The van der Waals surface area contributed by atoms with Crippen LogP contribution in [0, 0.1) is 5.92 Å². The van der Waals surface area contributed by atoms with Crippen molar-refractivity contribution in [3.05, 3.63) is 24.3 Å². The van der Waals surface area contributed by atoms with Crippen molar-refractivity contribution >= 4 is 33.4 Å². The Morgan fingerprint density at radius 3 is 2.68 bits per heavy atom. The maximum Gasteiger partial charge on any atom is 0.255 e. The summed E-state index contributed by atoms with van der Waals surface area (Å²) in [6, 6.07) is 6.80. The third kappa shape index (κ3) is 5.30. The van der Waals surface area contributed by atoms with Crippen LogP contribution in [0.15, 0.2) is 24.3 Å². The maximum absolute atomic E-state index is 11.9. The second-order valence-corrected chi connectivity index (χ2v) is 5.40. The number of benzene rings is 1.